The van der Waals surface area contributed by atoms with Crippen molar-refractivity contribution in [2.45, 2.75) is 25.2 Å². The Balaban J connectivity index is 1.98. The summed E-state index contributed by atoms with van der Waals surface area (Å²) in [5.74, 6) is -0.384. The van der Waals surface area contributed by atoms with E-state index in [1.165, 1.54) is 7.11 Å². The van der Waals surface area contributed by atoms with Crippen molar-refractivity contribution in [3.8, 4) is 0 Å². The van der Waals surface area contributed by atoms with Crippen LogP contribution in [0.5, 0.6) is 0 Å². The molecule has 6 heteroatoms. The third-order valence-corrected chi connectivity index (χ3v) is 5.02. The fourth-order valence-corrected chi connectivity index (χ4v) is 3.68. The number of nitrogens with zero attached hydrogens (tertiary/aromatic N) is 1. The molecule has 0 saturated carbocycles. The van der Waals surface area contributed by atoms with Crippen molar-refractivity contribution < 1.29 is 14.3 Å². The molecule has 0 aromatic heterocycles. The number of carbonyl (C=O) groups is 2. The molecule has 26 heavy (non-hydrogen) atoms. The summed E-state index contributed by atoms with van der Waals surface area (Å²) in [7, 11) is 1.39. The van der Waals surface area contributed by atoms with Crippen LogP contribution in [0.15, 0.2) is 42.5 Å². The molecule has 2 aromatic carbocycles. The van der Waals surface area contributed by atoms with Crippen LogP contribution in [0.25, 0.3) is 0 Å². The summed E-state index contributed by atoms with van der Waals surface area (Å²) in [5, 5.41) is 0.336. The van der Waals surface area contributed by atoms with Gasteiger partial charge in [0.05, 0.1) is 24.1 Å². The number of halogens is 1. The molecule has 2 aromatic rings. The van der Waals surface area contributed by atoms with Gasteiger partial charge in [-0.25, -0.2) is 0 Å². The fourth-order valence-electron chi connectivity index (χ4n) is 3.41. The van der Waals surface area contributed by atoms with Crippen molar-refractivity contribution in [1.29, 1.82) is 0 Å². The summed E-state index contributed by atoms with van der Waals surface area (Å²) < 4.78 is 4.83. The number of para-hydroxylation sites is 1. The Morgan fingerprint density at radius 2 is 2.04 bits per heavy atom. The number of carbonyl (C=O) groups excluding carboxylic acids is 2. The molecule has 1 heterocycles. The van der Waals surface area contributed by atoms with E-state index in [0.717, 1.165) is 24.1 Å². The summed E-state index contributed by atoms with van der Waals surface area (Å²) in [6.45, 7) is 0.564. The van der Waals surface area contributed by atoms with Crippen LogP contribution < -0.4 is 10.6 Å². The number of methoxy groups -OCH3 is 1. The van der Waals surface area contributed by atoms with Crippen molar-refractivity contribution in [3.05, 3.63) is 58.6 Å². The molecule has 136 valence electrons. The second-order valence-electron chi connectivity index (χ2n) is 6.37. The minimum Gasteiger partial charge on any atom is -0.469 e. The summed E-state index contributed by atoms with van der Waals surface area (Å²) >= 11 is 6.24. The summed E-state index contributed by atoms with van der Waals surface area (Å²) in [4.78, 5) is 26.7. The molecule has 2 N–H and O–H groups in total. The molecule has 0 bridgehead atoms. The van der Waals surface area contributed by atoms with Gasteiger partial charge in [0.15, 0.2) is 0 Å². The molecule has 0 aliphatic carbocycles. The van der Waals surface area contributed by atoms with Crippen molar-refractivity contribution in [3.63, 3.8) is 0 Å². The SMILES string of the molecule is COC(=O)CC1CCCN(C(=O)c2ccc(N)cc2Cl)c2ccccc21. The van der Waals surface area contributed by atoms with Crippen LogP contribution in [0.4, 0.5) is 11.4 Å². The molecule has 1 atom stereocenters. The number of benzene rings is 2. The summed E-state index contributed by atoms with van der Waals surface area (Å²) in [5.41, 5.74) is 8.46. The van der Waals surface area contributed by atoms with Crippen molar-refractivity contribution in [1.82, 2.24) is 0 Å². The highest BCUT2D eigenvalue weighted by atomic mass is 35.5. The lowest BCUT2D eigenvalue weighted by Crippen LogP contribution is -2.32. The first-order chi connectivity index (χ1) is 12.5. The predicted molar refractivity (Wildman–Crippen MR) is 103 cm³/mol. The van der Waals surface area contributed by atoms with E-state index >= 15 is 0 Å². The Kier molecular flexibility index (Phi) is 5.47. The normalized spacial score (nSPS) is 16.5. The fraction of sp³-hybridized carbons (Fsp3) is 0.300. The zero-order valence-electron chi connectivity index (χ0n) is 14.6. The number of rotatable bonds is 3. The molecule has 3 rings (SSSR count). The van der Waals surface area contributed by atoms with Gasteiger partial charge < -0.3 is 15.4 Å². The lowest BCUT2D eigenvalue weighted by atomic mass is 9.91. The van der Waals surface area contributed by atoms with Crippen LogP contribution in [0.3, 0.4) is 0 Å². The smallest absolute Gasteiger partial charge is 0.306 e. The zero-order chi connectivity index (χ0) is 18.7. The van der Waals surface area contributed by atoms with Crippen LogP contribution >= 0.6 is 11.6 Å². The van der Waals surface area contributed by atoms with Gasteiger partial charge in [-0.2, -0.15) is 0 Å². The Bertz CT molecular complexity index is 838. The van der Waals surface area contributed by atoms with Gasteiger partial charge in [-0.05, 0) is 48.6 Å². The van der Waals surface area contributed by atoms with E-state index in [-0.39, 0.29) is 17.8 Å². The van der Waals surface area contributed by atoms with E-state index in [2.05, 4.69) is 0 Å². The van der Waals surface area contributed by atoms with Gasteiger partial charge in [-0.15, -0.1) is 0 Å². The first kappa shape index (κ1) is 18.3. The monoisotopic (exact) mass is 372 g/mol. The van der Waals surface area contributed by atoms with Gasteiger partial charge in [0.25, 0.3) is 5.91 Å². The number of amides is 1. The van der Waals surface area contributed by atoms with E-state index in [1.54, 1.807) is 23.1 Å². The van der Waals surface area contributed by atoms with Crippen molar-refractivity contribution in [2.75, 3.05) is 24.3 Å². The second kappa shape index (κ2) is 7.79. The molecule has 1 amide bonds. The lowest BCUT2D eigenvalue weighted by molar-refractivity contribution is -0.141. The van der Waals surface area contributed by atoms with Crippen molar-refractivity contribution in [2.24, 2.45) is 0 Å². The third kappa shape index (κ3) is 3.68. The summed E-state index contributed by atoms with van der Waals surface area (Å²) in [6.07, 6.45) is 1.90. The number of nitrogen functional groups attached to an aromatic ring is 1. The zero-order valence-corrected chi connectivity index (χ0v) is 15.3. The first-order valence-corrected chi connectivity index (χ1v) is 8.91. The molecule has 5 nitrogen and oxygen atoms in total. The van der Waals surface area contributed by atoms with E-state index in [1.807, 2.05) is 24.3 Å². The van der Waals surface area contributed by atoms with Gasteiger partial charge in [0.2, 0.25) is 0 Å². The first-order valence-electron chi connectivity index (χ1n) is 8.54. The standard InChI is InChI=1S/C20H21ClN2O3/c1-26-19(24)11-13-5-4-10-23(18-7-3-2-6-15(13)18)20(25)16-9-8-14(22)12-17(16)21/h2-3,6-9,12-13H,4-5,10-11,22H2,1H3. The minimum absolute atomic E-state index is 0.0262. The van der Waals surface area contributed by atoms with Gasteiger partial charge >= 0.3 is 5.97 Å². The molecule has 1 unspecified atom stereocenters. The molecular weight excluding hydrogens is 352 g/mol. The third-order valence-electron chi connectivity index (χ3n) is 4.71. The van der Waals surface area contributed by atoms with Gasteiger partial charge in [-0.1, -0.05) is 29.8 Å². The van der Waals surface area contributed by atoms with Gasteiger partial charge in [0.1, 0.15) is 0 Å². The van der Waals surface area contributed by atoms with Crippen LogP contribution in [-0.4, -0.2) is 25.5 Å². The number of anilines is 2. The average molecular weight is 373 g/mol. The lowest BCUT2D eigenvalue weighted by Gasteiger charge is -2.24. The molecule has 1 aliphatic rings. The number of hydrogen-bond donors (Lipinski definition) is 1. The Morgan fingerprint density at radius 1 is 1.27 bits per heavy atom. The maximum Gasteiger partial charge on any atom is 0.306 e. The van der Waals surface area contributed by atoms with Crippen molar-refractivity contribution >= 4 is 34.9 Å². The number of nitrogens with two attached hydrogens (primary N) is 1. The highest BCUT2D eigenvalue weighted by Gasteiger charge is 2.29. The number of hydrogen-bond acceptors (Lipinski definition) is 4. The quantitative estimate of drug-likeness (QED) is 0.652. The topological polar surface area (TPSA) is 72.6 Å². The Morgan fingerprint density at radius 3 is 2.77 bits per heavy atom. The maximum absolute atomic E-state index is 13.1. The Labute approximate surface area is 157 Å². The molecule has 0 spiro atoms. The molecular formula is C20H21ClN2O3. The van der Waals surface area contributed by atoms with E-state index in [9.17, 15) is 9.59 Å². The van der Waals surface area contributed by atoms with E-state index < -0.39 is 0 Å². The van der Waals surface area contributed by atoms with E-state index in [0.29, 0.717) is 29.2 Å². The largest absolute Gasteiger partial charge is 0.469 e. The summed E-state index contributed by atoms with van der Waals surface area (Å²) in [6, 6.07) is 12.6. The number of ether oxygens (including phenoxy) is 1. The predicted octanol–water partition coefficient (Wildman–Crippen LogP) is 4.01. The highest BCUT2D eigenvalue weighted by molar-refractivity contribution is 6.34. The van der Waals surface area contributed by atoms with Crippen LogP contribution in [0, 0.1) is 0 Å². The molecule has 0 fully saturated rings. The number of fused-ring (bicyclic) bond motifs is 1. The van der Waals surface area contributed by atoms with E-state index in [4.69, 9.17) is 22.1 Å². The second-order valence-corrected chi connectivity index (χ2v) is 6.78. The Hall–Kier alpha value is -2.53. The van der Waals surface area contributed by atoms with Crippen LogP contribution in [-0.2, 0) is 9.53 Å². The minimum atomic E-state index is -0.244. The molecule has 1 aliphatic heterocycles. The molecule has 0 radical (unpaired) electrons. The average Bonchev–Trinajstić information content (AvgIpc) is 2.81. The van der Waals surface area contributed by atoms with Crippen LogP contribution in [0.1, 0.15) is 41.1 Å². The maximum atomic E-state index is 13.1. The van der Waals surface area contributed by atoms with Crippen LogP contribution in [0.2, 0.25) is 5.02 Å². The van der Waals surface area contributed by atoms with Gasteiger partial charge in [-0.3, -0.25) is 9.59 Å². The van der Waals surface area contributed by atoms with Gasteiger partial charge in [0, 0.05) is 17.9 Å². The number of esters is 1. The molecule has 0 saturated heterocycles. The highest BCUT2D eigenvalue weighted by Crippen LogP contribution is 2.37.